The first kappa shape index (κ1) is 14.2. The van der Waals surface area contributed by atoms with Gasteiger partial charge in [-0.15, -0.1) is 0 Å². The molecule has 0 N–H and O–H groups in total. The summed E-state index contributed by atoms with van der Waals surface area (Å²) in [4.78, 5) is 16.0. The highest BCUT2D eigenvalue weighted by atomic mass is 19.1. The van der Waals surface area contributed by atoms with Gasteiger partial charge in [0.05, 0.1) is 5.52 Å². The minimum Gasteiger partial charge on any atom is -0.474 e. The lowest BCUT2D eigenvalue weighted by molar-refractivity contribution is 0.0475. The van der Waals surface area contributed by atoms with E-state index in [4.69, 9.17) is 9.47 Å². The molecule has 1 aromatic heterocycles. The maximum atomic E-state index is 12.2. The lowest BCUT2D eigenvalue weighted by atomic mass is 10.1. The molecule has 0 radical (unpaired) electrons. The van der Waals surface area contributed by atoms with Gasteiger partial charge in [-0.1, -0.05) is 18.2 Å². The van der Waals surface area contributed by atoms with Gasteiger partial charge in [-0.3, -0.25) is 0 Å². The van der Waals surface area contributed by atoms with E-state index in [2.05, 4.69) is 4.98 Å². The van der Waals surface area contributed by atoms with E-state index in [1.54, 1.807) is 24.3 Å². The van der Waals surface area contributed by atoms with Gasteiger partial charge in [-0.2, -0.15) is 0 Å². The average molecular weight is 281 g/mol. The number of ether oxygens (including phenoxy) is 2. The number of hydrogen-bond acceptors (Lipinski definition) is 4. The predicted molar refractivity (Wildman–Crippen MR) is 69.5 cm³/mol. The first-order chi connectivity index (χ1) is 9.76. The van der Waals surface area contributed by atoms with E-state index >= 15 is 0 Å². The third-order valence-corrected chi connectivity index (χ3v) is 2.54. The van der Waals surface area contributed by atoms with Crippen LogP contribution in [0.15, 0.2) is 30.3 Å². The van der Waals surface area contributed by atoms with Crippen molar-refractivity contribution in [2.24, 2.45) is 0 Å². The Kier molecular flexibility index (Phi) is 4.81. The van der Waals surface area contributed by atoms with Crippen molar-refractivity contribution in [3.63, 3.8) is 0 Å². The number of carbonyl (C=O) groups is 1. The number of esters is 1. The second-order valence-electron chi connectivity index (χ2n) is 3.90. The van der Waals surface area contributed by atoms with Crippen LogP contribution in [0.2, 0.25) is 0 Å². The quantitative estimate of drug-likeness (QED) is 0.764. The van der Waals surface area contributed by atoms with Gasteiger partial charge >= 0.3 is 5.97 Å². The summed E-state index contributed by atoms with van der Waals surface area (Å²) >= 11 is 0. The summed E-state index contributed by atoms with van der Waals surface area (Å²) in [6.07, 6.45) is 0. The van der Waals surface area contributed by atoms with Crippen LogP contribution < -0.4 is 4.74 Å². The molecule has 1 heterocycles. The second-order valence-corrected chi connectivity index (χ2v) is 3.90. The Morgan fingerprint density at radius 3 is 2.65 bits per heavy atom. The van der Waals surface area contributed by atoms with Gasteiger partial charge in [-0.05, 0) is 12.1 Å². The molecule has 1 aromatic carbocycles. The van der Waals surface area contributed by atoms with Crippen LogP contribution in [0.1, 0.15) is 10.4 Å². The summed E-state index contributed by atoms with van der Waals surface area (Å²) in [6.45, 7) is -2.02. The SMILES string of the molecule is O=C(OCCF)c1cc2ccccc2nc1OCCF. The van der Waals surface area contributed by atoms with Gasteiger partial charge in [0, 0.05) is 5.39 Å². The van der Waals surface area contributed by atoms with E-state index in [1.165, 1.54) is 6.07 Å². The molecule has 2 aromatic rings. The van der Waals surface area contributed by atoms with Crippen molar-refractivity contribution in [1.82, 2.24) is 4.98 Å². The number of alkyl halides is 2. The average Bonchev–Trinajstić information content (AvgIpc) is 2.49. The minimum atomic E-state index is -0.770. The van der Waals surface area contributed by atoms with Crippen LogP contribution in [-0.4, -0.2) is 37.5 Å². The number of halogens is 2. The van der Waals surface area contributed by atoms with E-state index in [-0.39, 0.29) is 24.7 Å². The maximum Gasteiger partial charge on any atom is 0.343 e. The number of nitrogens with zero attached hydrogens (tertiary/aromatic N) is 1. The molecule has 0 aliphatic heterocycles. The molecule has 0 fully saturated rings. The van der Waals surface area contributed by atoms with Crippen LogP contribution in [0.4, 0.5) is 8.78 Å². The molecule has 106 valence electrons. The van der Waals surface area contributed by atoms with E-state index in [0.717, 1.165) is 0 Å². The number of rotatable bonds is 6. The normalized spacial score (nSPS) is 10.5. The minimum absolute atomic E-state index is 0.00907. The molecule has 0 saturated heterocycles. The van der Waals surface area contributed by atoms with E-state index < -0.39 is 19.3 Å². The van der Waals surface area contributed by atoms with Crippen molar-refractivity contribution in [1.29, 1.82) is 0 Å². The molecule has 0 aliphatic rings. The van der Waals surface area contributed by atoms with Crippen molar-refractivity contribution < 1.29 is 23.0 Å². The molecule has 0 spiro atoms. The number of hydrogen-bond donors (Lipinski definition) is 0. The fourth-order valence-electron chi connectivity index (χ4n) is 1.70. The molecule has 6 heteroatoms. The van der Waals surface area contributed by atoms with Crippen LogP contribution in [0.3, 0.4) is 0 Å². The van der Waals surface area contributed by atoms with Gasteiger partial charge in [0.2, 0.25) is 5.88 Å². The number of carbonyl (C=O) groups excluding carboxylic acids is 1. The molecular formula is C14H13F2NO3. The molecule has 0 saturated carbocycles. The summed E-state index contributed by atoms with van der Waals surface area (Å²) in [7, 11) is 0. The molecule has 4 nitrogen and oxygen atoms in total. The fourth-order valence-corrected chi connectivity index (χ4v) is 1.70. The monoisotopic (exact) mass is 281 g/mol. The van der Waals surface area contributed by atoms with Crippen LogP contribution in [0.5, 0.6) is 5.88 Å². The Bertz CT molecular complexity index is 604. The van der Waals surface area contributed by atoms with Crippen LogP contribution in [0.25, 0.3) is 10.9 Å². The van der Waals surface area contributed by atoms with Crippen molar-refractivity contribution in [3.8, 4) is 5.88 Å². The highest BCUT2D eigenvalue weighted by molar-refractivity contribution is 5.96. The smallest absolute Gasteiger partial charge is 0.343 e. The number of fused-ring (bicyclic) bond motifs is 1. The number of aromatic nitrogens is 1. The molecular weight excluding hydrogens is 268 g/mol. The molecule has 0 unspecified atom stereocenters. The third kappa shape index (κ3) is 3.20. The van der Waals surface area contributed by atoms with Crippen LogP contribution >= 0.6 is 0 Å². The molecule has 0 atom stereocenters. The molecule has 0 aliphatic carbocycles. The van der Waals surface area contributed by atoms with E-state index in [1.807, 2.05) is 0 Å². The molecule has 0 amide bonds. The van der Waals surface area contributed by atoms with E-state index in [0.29, 0.717) is 10.9 Å². The molecule has 2 rings (SSSR count). The lowest BCUT2D eigenvalue weighted by Gasteiger charge is -2.10. The van der Waals surface area contributed by atoms with Crippen molar-refractivity contribution >= 4 is 16.9 Å². The Hall–Kier alpha value is -2.24. The van der Waals surface area contributed by atoms with Crippen molar-refractivity contribution in [2.45, 2.75) is 0 Å². The summed E-state index contributed by atoms with van der Waals surface area (Å²) in [5.74, 6) is -0.750. The topological polar surface area (TPSA) is 48.4 Å². The maximum absolute atomic E-state index is 12.2. The van der Waals surface area contributed by atoms with Gasteiger partial charge in [-0.25, -0.2) is 18.6 Å². The Balaban J connectivity index is 2.39. The zero-order valence-electron chi connectivity index (χ0n) is 10.6. The second kappa shape index (κ2) is 6.79. The Morgan fingerprint density at radius 2 is 1.90 bits per heavy atom. The largest absolute Gasteiger partial charge is 0.474 e. The van der Waals surface area contributed by atoms with Crippen LogP contribution in [0, 0.1) is 0 Å². The van der Waals surface area contributed by atoms with Gasteiger partial charge < -0.3 is 9.47 Å². The number of benzene rings is 1. The number of pyridine rings is 1. The first-order valence-electron chi connectivity index (χ1n) is 6.08. The third-order valence-electron chi connectivity index (χ3n) is 2.54. The fraction of sp³-hybridized carbons (Fsp3) is 0.286. The summed E-state index contributed by atoms with van der Waals surface area (Å²) < 4.78 is 34.1. The summed E-state index contributed by atoms with van der Waals surface area (Å²) in [6, 6.07) is 8.64. The lowest BCUT2D eigenvalue weighted by Crippen LogP contribution is -2.12. The Morgan fingerprint density at radius 1 is 1.15 bits per heavy atom. The van der Waals surface area contributed by atoms with Crippen molar-refractivity contribution in [3.05, 3.63) is 35.9 Å². The highest BCUT2D eigenvalue weighted by Crippen LogP contribution is 2.23. The predicted octanol–water partition coefficient (Wildman–Crippen LogP) is 2.71. The zero-order valence-corrected chi connectivity index (χ0v) is 10.6. The standard InChI is InChI=1S/C14H13F2NO3/c15-5-7-19-13-11(14(18)20-8-6-16)9-10-3-1-2-4-12(10)17-13/h1-4,9H,5-8H2. The van der Waals surface area contributed by atoms with Gasteiger partial charge in [0.1, 0.15) is 32.1 Å². The van der Waals surface area contributed by atoms with Gasteiger partial charge in [0.15, 0.2) is 0 Å². The Labute approximate surface area is 114 Å². The highest BCUT2D eigenvalue weighted by Gasteiger charge is 2.17. The summed E-state index contributed by atoms with van der Waals surface area (Å²) in [5.41, 5.74) is 0.675. The van der Waals surface area contributed by atoms with Gasteiger partial charge in [0.25, 0.3) is 0 Å². The molecule has 20 heavy (non-hydrogen) atoms. The van der Waals surface area contributed by atoms with E-state index in [9.17, 15) is 13.6 Å². The van der Waals surface area contributed by atoms with Crippen LogP contribution in [-0.2, 0) is 4.74 Å². The number of para-hydroxylation sites is 1. The zero-order chi connectivity index (χ0) is 14.4. The van der Waals surface area contributed by atoms with Crippen molar-refractivity contribution in [2.75, 3.05) is 26.6 Å². The summed E-state index contributed by atoms with van der Waals surface area (Å²) in [5, 5.41) is 0.715. The molecule has 0 bridgehead atoms. The first-order valence-corrected chi connectivity index (χ1v) is 6.08.